The summed E-state index contributed by atoms with van der Waals surface area (Å²) in [7, 11) is 0. The number of nitro benzene ring substituents is 1. The molecule has 0 saturated heterocycles. The van der Waals surface area contributed by atoms with Gasteiger partial charge >= 0.3 is 5.97 Å². The smallest absolute Gasteiger partial charge is 0.325 e. The van der Waals surface area contributed by atoms with Crippen molar-refractivity contribution < 1.29 is 24.0 Å². The summed E-state index contributed by atoms with van der Waals surface area (Å²) in [5.41, 5.74) is -1.11. The van der Waals surface area contributed by atoms with Crippen LogP contribution in [0.1, 0.15) is 17.3 Å². The molecule has 2 N–H and O–H groups in total. The topological polar surface area (TPSA) is 110 Å². The molecule has 0 heterocycles. The minimum absolute atomic E-state index is 0.520. The van der Waals surface area contributed by atoms with Crippen molar-refractivity contribution in [3.63, 3.8) is 0 Å². The van der Waals surface area contributed by atoms with Crippen LogP contribution < -0.4 is 5.32 Å². The molecule has 7 nitrogen and oxygen atoms in total. The van der Waals surface area contributed by atoms with E-state index < -0.39 is 39.9 Å². The molecule has 0 fully saturated rings. The summed E-state index contributed by atoms with van der Waals surface area (Å²) in [6.07, 6.45) is 0. The number of halogens is 1. The van der Waals surface area contributed by atoms with Gasteiger partial charge in [0.1, 0.15) is 17.4 Å². The van der Waals surface area contributed by atoms with Crippen molar-refractivity contribution in [1.82, 2.24) is 5.32 Å². The predicted octanol–water partition coefficient (Wildman–Crippen LogP) is 0.937. The fourth-order valence-electron chi connectivity index (χ4n) is 1.19. The Morgan fingerprint density at radius 2 is 2.11 bits per heavy atom. The molecule has 96 valence electrons. The van der Waals surface area contributed by atoms with E-state index in [4.69, 9.17) is 5.11 Å². The van der Waals surface area contributed by atoms with Crippen LogP contribution in [0.25, 0.3) is 0 Å². The highest BCUT2D eigenvalue weighted by Gasteiger charge is 2.23. The highest BCUT2D eigenvalue weighted by molar-refractivity contribution is 5.99. The fourth-order valence-corrected chi connectivity index (χ4v) is 1.19. The molecule has 0 spiro atoms. The van der Waals surface area contributed by atoms with Crippen molar-refractivity contribution in [1.29, 1.82) is 0 Å². The van der Waals surface area contributed by atoms with E-state index in [0.29, 0.717) is 6.07 Å². The van der Waals surface area contributed by atoms with Crippen molar-refractivity contribution >= 4 is 17.6 Å². The molecule has 0 aliphatic rings. The van der Waals surface area contributed by atoms with Crippen LogP contribution in [-0.2, 0) is 4.79 Å². The number of nitrogens with one attached hydrogen (secondary N) is 1. The molecule has 0 saturated carbocycles. The molecule has 0 aromatic heterocycles. The Morgan fingerprint density at radius 3 is 2.61 bits per heavy atom. The first-order chi connectivity index (χ1) is 8.32. The maximum absolute atomic E-state index is 12.9. The lowest BCUT2D eigenvalue weighted by atomic mass is 10.1. The Hall–Kier alpha value is -2.51. The number of rotatable bonds is 4. The first-order valence-electron chi connectivity index (χ1n) is 4.80. The van der Waals surface area contributed by atoms with E-state index in [1.54, 1.807) is 0 Å². The Kier molecular flexibility index (Phi) is 3.93. The van der Waals surface area contributed by atoms with E-state index in [2.05, 4.69) is 0 Å². The van der Waals surface area contributed by atoms with Crippen molar-refractivity contribution in [3.05, 3.63) is 39.7 Å². The molecule has 8 heteroatoms. The van der Waals surface area contributed by atoms with Gasteiger partial charge in [-0.3, -0.25) is 19.7 Å². The third-order valence-electron chi connectivity index (χ3n) is 2.12. The van der Waals surface area contributed by atoms with E-state index in [1.165, 1.54) is 6.92 Å². The molecule has 0 unspecified atom stereocenters. The SMILES string of the molecule is C[C@H](NC(=O)c1cc(F)ccc1[N+](=O)[O-])C(=O)O. The predicted molar refractivity (Wildman–Crippen MR) is 57.6 cm³/mol. The highest BCUT2D eigenvalue weighted by atomic mass is 19.1. The number of hydrogen-bond donors (Lipinski definition) is 2. The normalized spacial score (nSPS) is 11.7. The maximum Gasteiger partial charge on any atom is 0.325 e. The minimum atomic E-state index is -1.30. The van der Waals surface area contributed by atoms with E-state index in [9.17, 15) is 24.1 Å². The third-order valence-corrected chi connectivity index (χ3v) is 2.12. The second-order valence-electron chi connectivity index (χ2n) is 3.45. The van der Waals surface area contributed by atoms with Gasteiger partial charge in [-0.2, -0.15) is 0 Å². The Balaban J connectivity index is 3.08. The molecule has 0 aliphatic carbocycles. The first kappa shape index (κ1) is 13.6. The largest absolute Gasteiger partial charge is 0.480 e. The lowest BCUT2D eigenvalue weighted by Crippen LogP contribution is -2.38. The lowest BCUT2D eigenvalue weighted by molar-refractivity contribution is -0.385. The Labute approximate surface area is 100 Å². The molecule has 0 radical (unpaired) electrons. The number of nitrogens with zero attached hydrogens (tertiary/aromatic N) is 1. The first-order valence-corrected chi connectivity index (χ1v) is 4.80. The van der Waals surface area contributed by atoms with E-state index in [0.717, 1.165) is 12.1 Å². The summed E-state index contributed by atoms with van der Waals surface area (Å²) in [6.45, 7) is 1.19. The average Bonchev–Trinajstić information content (AvgIpc) is 2.28. The standard InChI is InChI=1S/C10H9FN2O5/c1-5(10(15)16)12-9(14)7-4-6(11)2-3-8(7)13(17)18/h2-5H,1H3,(H,12,14)(H,15,16)/t5-/m0/s1. The third kappa shape index (κ3) is 3.00. The number of carbonyl (C=O) groups excluding carboxylic acids is 1. The molecule has 1 amide bonds. The van der Waals surface area contributed by atoms with Gasteiger partial charge < -0.3 is 10.4 Å². The van der Waals surface area contributed by atoms with Crippen LogP contribution >= 0.6 is 0 Å². The zero-order chi connectivity index (χ0) is 13.9. The highest BCUT2D eigenvalue weighted by Crippen LogP contribution is 2.19. The van der Waals surface area contributed by atoms with Crippen molar-refractivity contribution in [2.75, 3.05) is 0 Å². The van der Waals surface area contributed by atoms with Crippen LogP contribution in [0.2, 0.25) is 0 Å². The maximum atomic E-state index is 12.9. The number of nitro groups is 1. The second-order valence-corrected chi connectivity index (χ2v) is 3.45. The van der Waals surface area contributed by atoms with Gasteiger partial charge in [0.2, 0.25) is 0 Å². The van der Waals surface area contributed by atoms with Crippen LogP contribution in [0.4, 0.5) is 10.1 Å². The van der Waals surface area contributed by atoms with Crippen LogP contribution in [-0.4, -0.2) is 27.9 Å². The van der Waals surface area contributed by atoms with Gasteiger partial charge in [-0.25, -0.2) is 4.39 Å². The monoisotopic (exact) mass is 256 g/mol. The van der Waals surface area contributed by atoms with Gasteiger partial charge in [0, 0.05) is 6.07 Å². The molecule has 1 atom stereocenters. The van der Waals surface area contributed by atoms with Crippen molar-refractivity contribution in [2.24, 2.45) is 0 Å². The van der Waals surface area contributed by atoms with Crippen LogP contribution in [0.15, 0.2) is 18.2 Å². The zero-order valence-electron chi connectivity index (χ0n) is 9.21. The molecule has 1 rings (SSSR count). The molecule has 1 aromatic rings. The molecular weight excluding hydrogens is 247 g/mol. The summed E-state index contributed by atoms with van der Waals surface area (Å²) in [4.78, 5) is 31.9. The van der Waals surface area contributed by atoms with E-state index >= 15 is 0 Å². The van der Waals surface area contributed by atoms with Crippen LogP contribution in [0.5, 0.6) is 0 Å². The van der Waals surface area contributed by atoms with Gasteiger partial charge in [-0.05, 0) is 19.1 Å². The van der Waals surface area contributed by atoms with Gasteiger partial charge in [-0.1, -0.05) is 0 Å². The quantitative estimate of drug-likeness (QED) is 0.615. The summed E-state index contributed by atoms with van der Waals surface area (Å²) in [6, 6.07) is 1.13. The van der Waals surface area contributed by atoms with Gasteiger partial charge in [0.05, 0.1) is 4.92 Å². The number of carbonyl (C=O) groups is 2. The van der Waals surface area contributed by atoms with Gasteiger partial charge in [0.25, 0.3) is 11.6 Å². The van der Waals surface area contributed by atoms with E-state index in [1.807, 2.05) is 5.32 Å². The zero-order valence-corrected chi connectivity index (χ0v) is 9.21. The number of carboxylic acids is 1. The molecule has 18 heavy (non-hydrogen) atoms. The summed E-state index contributed by atoms with van der Waals surface area (Å²) in [5.74, 6) is -3.15. The number of aliphatic carboxylic acids is 1. The lowest BCUT2D eigenvalue weighted by Gasteiger charge is -2.09. The summed E-state index contributed by atoms with van der Waals surface area (Å²) >= 11 is 0. The van der Waals surface area contributed by atoms with Crippen molar-refractivity contribution in [2.45, 2.75) is 13.0 Å². The number of hydrogen-bond acceptors (Lipinski definition) is 4. The summed E-state index contributed by atoms with van der Waals surface area (Å²) in [5, 5.41) is 21.2. The molecule has 1 aromatic carbocycles. The number of benzene rings is 1. The fraction of sp³-hybridized carbons (Fsp3) is 0.200. The van der Waals surface area contributed by atoms with Gasteiger partial charge in [-0.15, -0.1) is 0 Å². The average molecular weight is 256 g/mol. The summed E-state index contributed by atoms with van der Waals surface area (Å²) < 4.78 is 12.9. The molecule has 0 aliphatic heterocycles. The number of carboxylic acid groups (broad SMARTS) is 1. The van der Waals surface area contributed by atoms with Crippen molar-refractivity contribution in [3.8, 4) is 0 Å². The van der Waals surface area contributed by atoms with E-state index in [-0.39, 0.29) is 0 Å². The van der Waals surface area contributed by atoms with Crippen LogP contribution in [0, 0.1) is 15.9 Å². The number of amides is 1. The second kappa shape index (κ2) is 5.21. The Bertz CT molecular complexity index is 517. The Morgan fingerprint density at radius 1 is 1.50 bits per heavy atom. The van der Waals surface area contributed by atoms with Crippen LogP contribution in [0.3, 0.4) is 0 Å². The molecular formula is C10H9FN2O5. The van der Waals surface area contributed by atoms with Gasteiger partial charge in [0.15, 0.2) is 0 Å². The minimum Gasteiger partial charge on any atom is -0.480 e. The molecule has 0 bridgehead atoms.